The van der Waals surface area contributed by atoms with E-state index in [4.69, 9.17) is 9.47 Å². The maximum absolute atomic E-state index is 13.1. The van der Waals surface area contributed by atoms with E-state index in [-0.39, 0.29) is 17.9 Å². The molecule has 1 fully saturated rings. The number of methoxy groups -OCH3 is 1. The van der Waals surface area contributed by atoms with Crippen molar-refractivity contribution >= 4 is 11.6 Å². The van der Waals surface area contributed by atoms with Gasteiger partial charge in [-0.3, -0.25) is 15.4 Å². The fraction of sp³-hybridized carbons (Fsp3) is 0.458. The van der Waals surface area contributed by atoms with Crippen LogP contribution in [0.3, 0.4) is 0 Å². The summed E-state index contributed by atoms with van der Waals surface area (Å²) in [6.07, 6.45) is 2.58. The van der Waals surface area contributed by atoms with Gasteiger partial charge in [0.15, 0.2) is 6.35 Å². The SMILES string of the molecule is COc1ccc(CNC(O)NC2CCC(C(=O)N3CCOc4ccccc43)CC2)cc1. The number of fused-ring (bicyclic) bond motifs is 1. The Balaban J connectivity index is 1.23. The third-order valence-corrected chi connectivity index (χ3v) is 6.12. The lowest BCUT2D eigenvalue weighted by molar-refractivity contribution is -0.123. The molecule has 1 aliphatic heterocycles. The molecule has 0 bridgehead atoms. The van der Waals surface area contributed by atoms with Gasteiger partial charge in [0.05, 0.1) is 19.3 Å². The number of para-hydroxylation sites is 2. The molecule has 31 heavy (non-hydrogen) atoms. The Hall–Kier alpha value is -2.61. The smallest absolute Gasteiger partial charge is 0.230 e. The summed E-state index contributed by atoms with van der Waals surface area (Å²) in [6.45, 7) is 1.69. The number of aliphatic hydroxyl groups is 1. The van der Waals surface area contributed by atoms with Gasteiger partial charge < -0.3 is 19.5 Å². The van der Waals surface area contributed by atoms with Gasteiger partial charge in [0.25, 0.3) is 0 Å². The number of ether oxygens (including phenoxy) is 2. The maximum Gasteiger partial charge on any atom is 0.230 e. The number of carbonyl (C=O) groups excluding carboxylic acids is 1. The van der Waals surface area contributed by atoms with Crippen molar-refractivity contribution in [1.82, 2.24) is 10.6 Å². The summed E-state index contributed by atoms with van der Waals surface area (Å²) in [6, 6.07) is 15.7. The second-order valence-corrected chi connectivity index (χ2v) is 8.15. The Kier molecular flexibility index (Phi) is 7.06. The molecule has 0 aromatic heterocycles. The Morgan fingerprint density at radius 3 is 2.65 bits per heavy atom. The molecule has 2 aromatic carbocycles. The summed E-state index contributed by atoms with van der Waals surface area (Å²) < 4.78 is 10.8. The summed E-state index contributed by atoms with van der Waals surface area (Å²) in [5, 5.41) is 16.7. The minimum absolute atomic E-state index is 0.0219. The highest BCUT2D eigenvalue weighted by Gasteiger charge is 2.32. The molecule has 2 aliphatic rings. The average Bonchev–Trinajstić information content (AvgIpc) is 2.83. The number of rotatable bonds is 7. The fourth-order valence-corrected chi connectivity index (χ4v) is 4.37. The van der Waals surface area contributed by atoms with E-state index in [0.29, 0.717) is 19.7 Å². The second kappa shape index (κ2) is 10.1. The van der Waals surface area contributed by atoms with Gasteiger partial charge >= 0.3 is 0 Å². The molecule has 3 N–H and O–H groups in total. The minimum atomic E-state index is -0.787. The first-order chi connectivity index (χ1) is 15.1. The number of hydrogen-bond acceptors (Lipinski definition) is 6. The molecule has 7 heteroatoms. The van der Waals surface area contributed by atoms with Crippen molar-refractivity contribution in [3.63, 3.8) is 0 Å². The zero-order chi connectivity index (χ0) is 21.6. The predicted molar refractivity (Wildman–Crippen MR) is 119 cm³/mol. The van der Waals surface area contributed by atoms with Gasteiger partial charge in [-0.1, -0.05) is 24.3 Å². The summed E-state index contributed by atoms with van der Waals surface area (Å²) in [5.74, 6) is 1.80. The van der Waals surface area contributed by atoms with Gasteiger partial charge in [0.1, 0.15) is 18.1 Å². The molecule has 2 aromatic rings. The minimum Gasteiger partial charge on any atom is -0.497 e. The Labute approximate surface area is 183 Å². The topological polar surface area (TPSA) is 83.1 Å². The van der Waals surface area contributed by atoms with Crippen molar-refractivity contribution in [1.29, 1.82) is 0 Å². The van der Waals surface area contributed by atoms with Crippen molar-refractivity contribution < 1.29 is 19.4 Å². The van der Waals surface area contributed by atoms with Crippen LogP contribution in [0.5, 0.6) is 11.5 Å². The quantitative estimate of drug-likeness (QED) is 0.592. The summed E-state index contributed by atoms with van der Waals surface area (Å²) in [5.41, 5.74) is 1.94. The lowest BCUT2D eigenvalue weighted by Crippen LogP contribution is -2.49. The van der Waals surface area contributed by atoms with Crippen molar-refractivity contribution in [3.05, 3.63) is 54.1 Å². The van der Waals surface area contributed by atoms with Crippen LogP contribution >= 0.6 is 0 Å². The highest BCUT2D eigenvalue weighted by atomic mass is 16.5. The Morgan fingerprint density at radius 2 is 1.90 bits per heavy atom. The normalized spacial score (nSPS) is 21.7. The highest BCUT2D eigenvalue weighted by Crippen LogP contribution is 2.34. The molecule has 4 rings (SSSR count). The molecule has 1 unspecified atom stereocenters. The second-order valence-electron chi connectivity index (χ2n) is 8.15. The lowest BCUT2D eigenvalue weighted by Gasteiger charge is -2.35. The van der Waals surface area contributed by atoms with Crippen LogP contribution < -0.4 is 25.0 Å². The Bertz CT molecular complexity index is 865. The van der Waals surface area contributed by atoms with Crippen LogP contribution in [-0.4, -0.2) is 43.7 Å². The largest absolute Gasteiger partial charge is 0.497 e. The molecule has 1 aliphatic carbocycles. The van der Waals surface area contributed by atoms with Crippen molar-refractivity contribution in [2.24, 2.45) is 5.92 Å². The molecule has 0 saturated heterocycles. The van der Waals surface area contributed by atoms with E-state index in [1.54, 1.807) is 7.11 Å². The monoisotopic (exact) mass is 425 g/mol. The third kappa shape index (κ3) is 5.36. The average molecular weight is 426 g/mol. The number of anilines is 1. The highest BCUT2D eigenvalue weighted by molar-refractivity contribution is 5.96. The van der Waals surface area contributed by atoms with E-state index in [2.05, 4.69) is 10.6 Å². The predicted octanol–water partition coefficient (Wildman–Crippen LogP) is 2.63. The van der Waals surface area contributed by atoms with Crippen LogP contribution in [-0.2, 0) is 11.3 Å². The van der Waals surface area contributed by atoms with Crippen molar-refractivity contribution in [2.75, 3.05) is 25.2 Å². The van der Waals surface area contributed by atoms with Gasteiger partial charge in [0.2, 0.25) is 5.91 Å². The molecule has 7 nitrogen and oxygen atoms in total. The van der Waals surface area contributed by atoms with Gasteiger partial charge in [-0.2, -0.15) is 0 Å². The summed E-state index contributed by atoms with van der Waals surface area (Å²) in [7, 11) is 1.64. The van der Waals surface area contributed by atoms with Crippen LogP contribution in [0.25, 0.3) is 0 Å². The number of aliphatic hydroxyl groups excluding tert-OH is 1. The van der Waals surface area contributed by atoms with Gasteiger partial charge in [-0.05, 0) is 55.5 Å². The molecule has 1 amide bonds. The zero-order valence-corrected chi connectivity index (χ0v) is 17.9. The summed E-state index contributed by atoms with van der Waals surface area (Å²) in [4.78, 5) is 15.0. The number of carbonyl (C=O) groups is 1. The number of nitrogens with zero attached hydrogens (tertiary/aromatic N) is 1. The van der Waals surface area contributed by atoms with E-state index >= 15 is 0 Å². The van der Waals surface area contributed by atoms with Gasteiger partial charge in [0, 0.05) is 18.5 Å². The molecule has 1 atom stereocenters. The molecule has 166 valence electrons. The lowest BCUT2D eigenvalue weighted by atomic mass is 9.85. The van der Waals surface area contributed by atoms with E-state index < -0.39 is 6.35 Å². The standard InChI is InChI=1S/C24H31N3O4/c1-30-20-12-6-17(7-13-20)16-25-24(29)26-19-10-8-18(9-11-19)23(28)27-14-15-31-22-5-3-2-4-21(22)27/h2-7,12-13,18-19,24-26,29H,8-11,14-16H2,1H3. The molecule has 1 saturated carbocycles. The molecular formula is C24H31N3O4. The van der Waals surface area contributed by atoms with Crippen LogP contribution in [0.2, 0.25) is 0 Å². The number of benzene rings is 2. The first-order valence-corrected chi connectivity index (χ1v) is 11.0. The zero-order valence-electron chi connectivity index (χ0n) is 17.9. The molecule has 0 spiro atoms. The first-order valence-electron chi connectivity index (χ1n) is 11.0. The first kappa shape index (κ1) is 21.6. The van der Waals surface area contributed by atoms with Gasteiger partial charge in [-0.15, -0.1) is 0 Å². The van der Waals surface area contributed by atoms with Crippen LogP contribution in [0.15, 0.2) is 48.5 Å². The third-order valence-electron chi connectivity index (χ3n) is 6.12. The number of amides is 1. The van der Waals surface area contributed by atoms with Crippen LogP contribution in [0.4, 0.5) is 5.69 Å². The number of nitrogens with one attached hydrogen (secondary N) is 2. The van der Waals surface area contributed by atoms with Crippen LogP contribution in [0, 0.1) is 5.92 Å². The number of hydrogen-bond donors (Lipinski definition) is 3. The summed E-state index contributed by atoms with van der Waals surface area (Å²) >= 11 is 0. The van der Waals surface area contributed by atoms with Crippen molar-refractivity contribution in [2.45, 2.75) is 44.6 Å². The van der Waals surface area contributed by atoms with E-state index in [9.17, 15) is 9.90 Å². The van der Waals surface area contributed by atoms with E-state index in [1.165, 1.54) is 0 Å². The van der Waals surface area contributed by atoms with E-state index in [1.807, 2.05) is 53.4 Å². The fourth-order valence-electron chi connectivity index (χ4n) is 4.37. The molecular weight excluding hydrogens is 394 g/mol. The maximum atomic E-state index is 13.1. The van der Waals surface area contributed by atoms with E-state index in [0.717, 1.165) is 48.4 Å². The molecule has 1 heterocycles. The van der Waals surface area contributed by atoms with Crippen molar-refractivity contribution in [3.8, 4) is 11.5 Å². The molecule has 0 radical (unpaired) electrons. The van der Waals surface area contributed by atoms with Crippen LogP contribution in [0.1, 0.15) is 31.2 Å². The van der Waals surface area contributed by atoms with Gasteiger partial charge in [-0.25, -0.2) is 0 Å². The Morgan fingerprint density at radius 1 is 1.16 bits per heavy atom.